The van der Waals surface area contributed by atoms with Crippen molar-refractivity contribution in [2.45, 2.75) is 0 Å². The largest absolute Gasteiger partial charge is 0.497 e. The van der Waals surface area contributed by atoms with Crippen LogP contribution in [-0.2, 0) is 0 Å². The first kappa shape index (κ1) is 19.0. The van der Waals surface area contributed by atoms with Gasteiger partial charge in [0.1, 0.15) is 29.1 Å². The van der Waals surface area contributed by atoms with Crippen molar-refractivity contribution >= 4 is 17.7 Å². The average molecular weight is 409 g/mol. The molecule has 3 aromatic rings. The van der Waals surface area contributed by atoms with Crippen LogP contribution in [0.3, 0.4) is 0 Å². The van der Waals surface area contributed by atoms with E-state index in [-0.39, 0.29) is 4.59 Å². The lowest BCUT2D eigenvalue weighted by Crippen LogP contribution is -2.53. The van der Waals surface area contributed by atoms with Gasteiger partial charge < -0.3 is 9.47 Å². The van der Waals surface area contributed by atoms with Gasteiger partial charge in [0.25, 0.3) is 5.84 Å². The first-order chi connectivity index (χ1) is 15.2. The maximum absolute atomic E-state index is 6.81. The normalized spacial score (nSPS) is 19.2. The minimum absolute atomic E-state index is 0.0467. The number of benzene rings is 3. The number of allylic oxidation sites excluding steroid dienone is 1. The summed E-state index contributed by atoms with van der Waals surface area (Å²) in [5.74, 6) is 9.81. The van der Waals surface area contributed by atoms with E-state index in [9.17, 15) is 0 Å². The van der Waals surface area contributed by atoms with Gasteiger partial charge in [-0.2, -0.15) is 10.8 Å². The van der Waals surface area contributed by atoms with Gasteiger partial charge in [-0.05, 0) is 48.5 Å². The SMILES string of the molecule is COc1cccc(C2=C3C=NC=C[N+]3(N)C(c3ccc(Oc4ccccc4)cc3)=N2)c1. The van der Waals surface area contributed by atoms with Gasteiger partial charge in [-0.3, -0.25) is 4.99 Å². The van der Waals surface area contributed by atoms with Crippen LogP contribution < -0.4 is 15.3 Å². The third-order valence-corrected chi connectivity index (χ3v) is 5.23. The van der Waals surface area contributed by atoms with Crippen molar-refractivity contribution in [3.05, 3.63) is 108 Å². The Morgan fingerprint density at radius 3 is 2.32 bits per heavy atom. The van der Waals surface area contributed by atoms with Gasteiger partial charge >= 0.3 is 0 Å². The molecule has 31 heavy (non-hydrogen) atoms. The molecule has 0 aliphatic carbocycles. The predicted molar refractivity (Wildman–Crippen MR) is 121 cm³/mol. The van der Waals surface area contributed by atoms with Gasteiger partial charge in [0, 0.05) is 5.56 Å². The van der Waals surface area contributed by atoms with E-state index in [4.69, 9.17) is 20.3 Å². The van der Waals surface area contributed by atoms with E-state index in [1.54, 1.807) is 19.5 Å². The monoisotopic (exact) mass is 409 g/mol. The first-order valence-electron chi connectivity index (χ1n) is 9.87. The highest BCUT2D eigenvalue weighted by molar-refractivity contribution is 6.06. The Bertz CT molecular complexity index is 1240. The molecule has 2 aliphatic heterocycles. The lowest BCUT2D eigenvalue weighted by atomic mass is 10.1. The Morgan fingerprint density at radius 1 is 0.806 bits per heavy atom. The first-order valence-corrected chi connectivity index (χ1v) is 9.87. The molecule has 0 spiro atoms. The Kier molecular flexibility index (Phi) is 4.71. The fraction of sp³-hybridized carbons (Fsp3) is 0.0400. The number of fused-ring (bicyclic) bond motifs is 1. The number of hydrogen-bond donors (Lipinski definition) is 1. The summed E-state index contributed by atoms with van der Waals surface area (Å²) in [6, 6.07) is 25.2. The maximum Gasteiger partial charge on any atom is 0.265 e. The molecule has 0 radical (unpaired) electrons. The molecule has 6 nitrogen and oxygen atoms in total. The predicted octanol–water partition coefficient (Wildman–Crippen LogP) is 4.86. The molecule has 0 bridgehead atoms. The Labute approximate surface area is 180 Å². The van der Waals surface area contributed by atoms with E-state index in [1.807, 2.05) is 85.1 Å². The molecule has 152 valence electrons. The molecular weight excluding hydrogens is 388 g/mol. The second-order valence-electron chi connectivity index (χ2n) is 7.19. The fourth-order valence-electron chi connectivity index (χ4n) is 3.66. The van der Waals surface area contributed by atoms with Crippen molar-refractivity contribution in [2.75, 3.05) is 7.11 Å². The summed E-state index contributed by atoms with van der Waals surface area (Å²) in [7, 11) is 1.65. The molecule has 5 rings (SSSR count). The smallest absolute Gasteiger partial charge is 0.265 e. The number of nitrogens with two attached hydrogens (primary N) is 1. The Hall–Kier alpha value is -4.00. The molecule has 0 saturated carbocycles. The number of aliphatic imine (C=N–C) groups is 2. The lowest BCUT2D eigenvalue weighted by Gasteiger charge is -2.26. The molecule has 0 aromatic heterocycles. The minimum atomic E-state index is -0.0467. The third kappa shape index (κ3) is 3.44. The number of ether oxygens (including phenoxy) is 2. The average Bonchev–Trinajstić information content (AvgIpc) is 3.13. The summed E-state index contributed by atoms with van der Waals surface area (Å²) < 4.78 is 11.2. The van der Waals surface area contributed by atoms with Crippen LogP contribution in [0.2, 0.25) is 0 Å². The quantitative estimate of drug-likeness (QED) is 0.483. The van der Waals surface area contributed by atoms with Crippen LogP contribution in [0, 0.1) is 0 Å². The second kappa shape index (κ2) is 7.68. The molecule has 1 unspecified atom stereocenters. The molecule has 2 heterocycles. The number of nitrogens with zero attached hydrogens (tertiary/aromatic N) is 3. The molecule has 2 aliphatic rings. The number of methoxy groups -OCH3 is 1. The van der Waals surface area contributed by atoms with Crippen LogP contribution in [0.15, 0.2) is 107 Å². The number of amidine groups is 1. The van der Waals surface area contributed by atoms with E-state index in [1.165, 1.54) is 0 Å². The summed E-state index contributed by atoms with van der Waals surface area (Å²) in [6.07, 6.45) is 5.29. The summed E-state index contributed by atoms with van der Waals surface area (Å²) in [4.78, 5) is 9.23. The number of hydrogen-bond acceptors (Lipinski definition) is 5. The van der Waals surface area contributed by atoms with E-state index < -0.39 is 0 Å². The van der Waals surface area contributed by atoms with Gasteiger partial charge in [-0.1, -0.05) is 30.3 Å². The number of rotatable bonds is 5. The van der Waals surface area contributed by atoms with E-state index in [2.05, 4.69) is 4.99 Å². The van der Waals surface area contributed by atoms with Crippen LogP contribution in [0.25, 0.3) is 5.70 Å². The van der Waals surface area contributed by atoms with Crippen LogP contribution in [0.4, 0.5) is 0 Å². The van der Waals surface area contributed by atoms with Crippen molar-refractivity contribution in [3.63, 3.8) is 0 Å². The van der Waals surface area contributed by atoms with E-state index >= 15 is 0 Å². The van der Waals surface area contributed by atoms with Gasteiger partial charge in [0.15, 0.2) is 0 Å². The van der Waals surface area contributed by atoms with Crippen molar-refractivity contribution < 1.29 is 14.1 Å². The lowest BCUT2D eigenvalue weighted by molar-refractivity contribution is -0.749. The molecule has 3 aromatic carbocycles. The van der Waals surface area contributed by atoms with Crippen molar-refractivity contribution in [1.82, 2.24) is 0 Å². The van der Waals surface area contributed by atoms with E-state index in [0.29, 0.717) is 5.84 Å². The van der Waals surface area contributed by atoms with Crippen LogP contribution in [0.1, 0.15) is 11.1 Å². The number of para-hydroxylation sites is 1. The van der Waals surface area contributed by atoms with Gasteiger partial charge in [0.2, 0.25) is 5.70 Å². The van der Waals surface area contributed by atoms with Crippen molar-refractivity contribution in [1.29, 1.82) is 0 Å². The van der Waals surface area contributed by atoms with Crippen molar-refractivity contribution in [3.8, 4) is 17.2 Å². The van der Waals surface area contributed by atoms with Gasteiger partial charge in [-0.15, -0.1) is 4.59 Å². The molecule has 2 N–H and O–H groups in total. The topological polar surface area (TPSA) is 69.2 Å². The summed E-state index contributed by atoms with van der Waals surface area (Å²) in [5.41, 5.74) is 3.39. The molecule has 0 saturated heterocycles. The van der Waals surface area contributed by atoms with Gasteiger partial charge in [-0.25, -0.2) is 0 Å². The highest BCUT2D eigenvalue weighted by atomic mass is 16.5. The zero-order valence-corrected chi connectivity index (χ0v) is 17.0. The standard InChI is InChI=1S/C25H21N4O2/c1-30-22-9-5-6-19(16-22)24-23-17-27-14-15-29(23,26)25(28-24)18-10-12-21(13-11-18)31-20-7-3-2-4-8-20/h2-17H,26H2,1H3/q+1. The Morgan fingerprint density at radius 2 is 1.55 bits per heavy atom. The van der Waals surface area contributed by atoms with Gasteiger partial charge in [0.05, 0.1) is 25.1 Å². The van der Waals surface area contributed by atoms with Crippen molar-refractivity contribution in [2.24, 2.45) is 15.8 Å². The molecule has 0 amide bonds. The Balaban J connectivity index is 1.52. The van der Waals surface area contributed by atoms with Crippen LogP contribution >= 0.6 is 0 Å². The zero-order chi connectivity index (χ0) is 21.3. The van der Waals surface area contributed by atoms with E-state index in [0.717, 1.165) is 39.8 Å². The third-order valence-electron chi connectivity index (χ3n) is 5.23. The molecule has 6 heteroatoms. The zero-order valence-electron chi connectivity index (χ0n) is 17.0. The fourth-order valence-corrected chi connectivity index (χ4v) is 3.66. The van der Waals surface area contributed by atoms with Crippen LogP contribution in [0.5, 0.6) is 17.2 Å². The maximum atomic E-state index is 6.81. The highest BCUT2D eigenvalue weighted by Crippen LogP contribution is 2.37. The summed E-state index contributed by atoms with van der Waals surface area (Å²) >= 11 is 0. The molecular formula is C25H21N4O2+. The summed E-state index contributed by atoms with van der Waals surface area (Å²) in [5, 5.41) is 0. The van der Waals surface area contributed by atoms with Crippen LogP contribution in [-0.4, -0.2) is 23.8 Å². The number of quaternary nitrogens is 1. The highest BCUT2D eigenvalue weighted by Gasteiger charge is 2.44. The minimum Gasteiger partial charge on any atom is -0.497 e. The second-order valence-corrected chi connectivity index (χ2v) is 7.19. The molecule has 1 atom stereocenters. The molecule has 0 fully saturated rings. The summed E-state index contributed by atoms with van der Waals surface area (Å²) in [6.45, 7) is 0.